The highest BCUT2D eigenvalue weighted by Crippen LogP contribution is 2.28. The minimum atomic E-state index is -0.438. The normalized spacial score (nSPS) is 17.7. The van der Waals surface area contributed by atoms with E-state index in [4.69, 9.17) is 4.74 Å². The van der Waals surface area contributed by atoms with Crippen molar-refractivity contribution in [3.63, 3.8) is 0 Å². The summed E-state index contributed by atoms with van der Waals surface area (Å²) >= 11 is 0. The van der Waals surface area contributed by atoms with Crippen LogP contribution in [-0.2, 0) is 4.74 Å². The van der Waals surface area contributed by atoms with Gasteiger partial charge in [-0.3, -0.25) is 10.1 Å². The van der Waals surface area contributed by atoms with Gasteiger partial charge in [0.15, 0.2) is 0 Å². The lowest BCUT2D eigenvalue weighted by Gasteiger charge is -2.28. The molecule has 0 spiro atoms. The summed E-state index contributed by atoms with van der Waals surface area (Å²) in [5.41, 5.74) is 1.88. The second kappa shape index (κ2) is 9.04. The molecule has 0 unspecified atom stereocenters. The van der Waals surface area contributed by atoms with Gasteiger partial charge in [0.2, 0.25) is 11.8 Å². The maximum Gasteiger partial charge on any atom is 0.329 e. The van der Waals surface area contributed by atoms with Gasteiger partial charge < -0.3 is 20.3 Å². The number of nitrogens with one attached hydrogen (secondary N) is 2. The largest absolute Gasteiger partial charge is 0.378 e. The first-order valence-electron chi connectivity index (χ1n) is 10.2. The van der Waals surface area contributed by atoms with Crippen LogP contribution in [0.25, 0.3) is 0 Å². The third-order valence-electron chi connectivity index (χ3n) is 5.41. The van der Waals surface area contributed by atoms with E-state index in [1.165, 1.54) is 12.6 Å². The molecule has 0 radical (unpaired) electrons. The van der Waals surface area contributed by atoms with E-state index in [1.54, 1.807) is 0 Å². The van der Waals surface area contributed by atoms with E-state index in [0.717, 1.165) is 63.4 Å². The van der Waals surface area contributed by atoms with Gasteiger partial charge in [-0.2, -0.15) is 4.98 Å². The number of nitrogens with zero attached hydrogens (tertiary/aromatic N) is 4. The zero-order valence-corrected chi connectivity index (χ0v) is 16.3. The summed E-state index contributed by atoms with van der Waals surface area (Å²) in [6, 6.07) is 8.23. The molecule has 2 heterocycles. The van der Waals surface area contributed by atoms with Crippen molar-refractivity contribution in [3.05, 3.63) is 40.6 Å². The average molecular weight is 398 g/mol. The number of nitro groups is 1. The number of hydrogen-bond acceptors (Lipinski definition) is 8. The second-order valence-electron chi connectivity index (χ2n) is 7.44. The third kappa shape index (κ3) is 4.92. The van der Waals surface area contributed by atoms with Gasteiger partial charge in [0, 0.05) is 30.5 Å². The van der Waals surface area contributed by atoms with Crippen LogP contribution in [0.4, 0.5) is 28.8 Å². The number of morpholine rings is 1. The summed E-state index contributed by atoms with van der Waals surface area (Å²) in [5, 5.41) is 17.8. The molecule has 1 aromatic carbocycles. The van der Waals surface area contributed by atoms with Crippen molar-refractivity contribution in [2.24, 2.45) is 0 Å². The van der Waals surface area contributed by atoms with Gasteiger partial charge in [0.05, 0.1) is 18.1 Å². The molecular weight excluding hydrogens is 372 g/mol. The molecule has 1 saturated heterocycles. The van der Waals surface area contributed by atoms with Crippen molar-refractivity contribution in [2.45, 2.75) is 38.1 Å². The second-order valence-corrected chi connectivity index (χ2v) is 7.44. The smallest absolute Gasteiger partial charge is 0.329 e. The van der Waals surface area contributed by atoms with E-state index >= 15 is 0 Å². The maximum absolute atomic E-state index is 11.4. The van der Waals surface area contributed by atoms with E-state index in [9.17, 15) is 10.1 Å². The van der Waals surface area contributed by atoms with Crippen LogP contribution in [0.15, 0.2) is 30.5 Å². The fourth-order valence-electron chi connectivity index (χ4n) is 3.82. The fourth-order valence-corrected chi connectivity index (χ4v) is 3.82. The maximum atomic E-state index is 11.4. The first-order valence-corrected chi connectivity index (χ1v) is 10.2. The van der Waals surface area contributed by atoms with Crippen LogP contribution in [0, 0.1) is 10.1 Å². The van der Waals surface area contributed by atoms with Crippen LogP contribution < -0.4 is 15.5 Å². The molecule has 1 saturated carbocycles. The predicted octanol–water partition coefficient (Wildman–Crippen LogP) is 3.71. The number of ether oxygens (including phenoxy) is 1. The number of anilines is 4. The van der Waals surface area contributed by atoms with Crippen LogP contribution in [0.5, 0.6) is 0 Å². The van der Waals surface area contributed by atoms with E-state index in [-0.39, 0.29) is 17.5 Å². The summed E-state index contributed by atoms with van der Waals surface area (Å²) in [7, 11) is 0. The number of benzene rings is 1. The van der Waals surface area contributed by atoms with Gasteiger partial charge in [-0.25, -0.2) is 4.98 Å². The third-order valence-corrected chi connectivity index (χ3v) is 5.41. The Labute approximate surface area is 169 Å². The van der Waals surface area contributed by atoms with Crippen LogP contribution in [0.3, 0.4) is 0 Å². The molecule has 0 bridgehead atoms. The topological polar surface area (TPSA) is 105 Å². The van der Waals surface area contributed by atoms with Gasteiger partial charge in [-0.15, -0.1) is 0 Å². The average Bonchev–Trinajstić information content (AvgIpc) is 2.76. The van der Waals surface area contributed by atoms with Crippen LogP contribution in [-0.4, -0.2) is 47.2 Å². The first-order chi connectivity index (χ1) is 14.2. The van der Waals surface area contributed by atoms with E-state index in [2.05, 4.69) is 25.5 Å². The number of hydrogen-bond donors (Lipinski definition) is 2. The first kappa shape index (κ1) is 19.4. The van der Waals surface area contributed by atoms with Crippen molar-refractivity contribution in [2.75, 3.05) is 41.8 Å². The molecule has 1 aliphatic carbocycles. The van der Waals surface area contributed by atoms with Crippen LogP contribution in [0.1, 0.15) is 32.1 Å². The Hall–Kier alpha value is -2.94. The van der Waals surface area contributed by atoms with E-state index < -0.39 is 4.92 Å². The molecule has 9 heteroatoms. The van der Waals surface area contributed by atoms with Gasteiger partial charge in [-0.1, -0.05) is 19.3 Å². The summed E-state index contributed by atoms with van der Waals surface area (Å²) in [6.07, 6.45) is 6.77. The molecule has 0 amide bonds. The minimum absolute atomic E-state index is 0.0937. The van der Waals surface area contributed by atoms with Gasteiger partial charge >= 0.3 is 5.69 Å². The van der Waals surface area contributed by atoms with E-state index in [0.29, 0.717) is 5.95 Å². The molecule has 4 rings (SSSR count). The molecule has 9 nitrogen and oxygen atoms in total. The minimum Gasteiger partial charge on any atom is -0.378 e. The molecule has 29 heavy (non-hydrogen) atoms. The summed E-state index contributed by atoms with van der Waals surface area (Å²) in [5.74, 6) is 0.623. The zero-order valence-electron chi connectivity index (χ0n) is 16.3. The Morgan fingerprint density at radius 1 is 1.10 bits per heavy atom. The van der Waals surface area contributed by atoms with Crippen LogP contribution >= 0.6 is 0 Å². The molecular formula is C20H26N6O3. The Bertz CT molecular complexity index is 833. The summed E-state index contributed by atoms with van der Waals surface area (Å²) < 4.78 is 5.39. The lowest BCUT2D eigenvalue weighted by molar-refractivity contribution is -0.384. The molecule has 1 aliphatic heterocycles. The highest BCUT2D eigenvalue weighted by molar-refractivity contribution is 5.63. The Morgan fingerprint density at radius 2 is 1.83 bits per heavy atom. The Morgan fingerprint density at radius 3 is 2.52 bits per heavy atom. The van der Waals surface area contributed by atoms with Gasteiger partial charge in [0.25, 0.3) is 0 Å². The summed E-state index contributed by atoms with van der Waals surface area (Å²) in [4.78, 5) is 21.7. The van der Waals surface area contributed by atoms with Gasteiger partial charge in [-0.05, 0) is 37.1 Å². The highest BCUT2D eigenvalue weighted by atomic mass is 16.6. The molecule has 2 aromatic rings. The Balaban J connectivity index is 1.47. The number of rotatable bonds is 6. The molecule has 154 valence electrons. The van der Waals surface area contributed by atoms with Gasteiger partial charge in [0.1, 0.15) is 6.20 Å². The van der Waals surface area contributed by atoms with E-state index in [1.807, 2.05) is 24.3 Å². The molecule has 2 aliphatic rings. The Kier molecular flexibility index (Phi) is 6.04. The van der Waals surface area contributed by atoms with Crippen molar-refractivity contribution in [1.82, 2.24) is 9.97 Å². The molecule has 1 aromatic heterocycles. The quantitative estimate of drug-likeness (QED) is 0.560. The summed E-state index contributed by atoms with van der Waals surface area (Å²) in [6.45, 7) is 3.25. The highest BCUT2D eigenvalue weighted by Gasteiger charge is 2.22. The lowest BCUT2D eigenvalue weighted by atomic mass is 9.95. The van der Waals surface area contributed by atoms with Crippen molar-refractivity contribution in [3.8, 4) is 0 Å². The molecule has 2 N–H and O–H groups in total. The van der Waals surface area contributed by atoms with Crippen LogP contribution in [0.2, 0.25) is 0 Å². The SMILES string of the molecule is O=[N+]([O-])c1cnc(Nc2ccc(N3CCOCC3)cc2)nc1NC1CCCCC1. The predicted molar refractivity (Wildman–Crippen MR) is 112 cm³/mol. The lowest BCUT2D eigenvalue weighted by Crippen LogP contribution is -2.36. The standard InChI is InChI=1S/C20H26N6O3/c27-26(28)18-14-21-20(24-19(18)22-15-4-2-1-3-5-15)23-16-6-8-17(9-7-16)25-10-12-29-13-11-25/h6-9,14-15H,1-5,10-13H2,(H2,21,22,23,24). The number of aromatic nitrogens is 2. The van der Waals surface area contributed by atoms with Crippen molar-refractivity contribution >= 4 is 28.8 Å². The van der Waals surface area contributed by atoms with Crippen molar-refractivity contribution < 1.29 is 9.66 Å². The molecule has 0 atom stereocenters. The van der Waals surface area contributed by atoms with Crippen molar-refractivity contribution in [1.29, 1.82) is 0 Å². The monoisotopic (exact) mass is 398 g/mol. The molecule has 2 fully saturated rings. The zero-order chi connectivity index (χ0) is 20.1. The fraction of sp³-hybridized carbons (Fsp3) is 0.500.